The Hall–Kier alpha value is -1.63. The molecule has 1 aromatic heterocycles. The normalized spacial score (nSPS) is 16.7. The molecule has 0 aliphatic heterocycles. The van der Waals surface area contributed by atoms with E-state index in [1.807, 2.05) is 12.3 Å². The maximum atomic E-state index is 12.3. The number of carboxylic acid groups (broad SMARTS) is 1. The van der Waals surface area contributed by atoms with Gasteiger partial charge in [0.25, 0.3) is 0 Å². The van der Waals surface area contributed by atoms with Crippen LogP contribution in [0, 0.1) is 6.92 Å². The highest BCUT2D eigenvalue weighted by Gasteiger charge is 2.38. The maximum absolute atomic E-state index is 12.3. The number of hydrogen-bond acceptors (Lipinski definition) is 4. The smallest absolute Gasteiger partial charge is 0.317 e. The zero-order valence-electron chi connectivity index (χ0n) is 12.4. The Balaban J connectivity index is 1.96. The zero-order valence-corrected chi connectivity index (χ0v) is 13.2. The number of nitrogens with zero attached hydrogens (tertiary/aromatic N) is 2. The second-order valence-corrected chi connectivity index (χ2v) is 6.76. The standard InChI is InChI=1S/C14H21N3O3S/c1-10-15-11(9-21-10)8-17(2)13(20)16-14(7-12(18)19)5-3-4-6-14/h9H,3-8H2,1-2H3,(H,16,20)(H,18,19). The van der Waals surface area contributed by atoms with E-state index >= 15 is 0 Å². The van der Waals surface area contributed by atoms with Gasteiger partial charge < -0.3 is 15.3 Å². The predicted molar refractivity (Wildman–Crippen MR) is 80.3 cm³/mol. The van der Waals surface area contributed by atoms with Crippen LogP contribution in [0.1, 0.15) is 42.8 Å². The molecule has 2 rings (SSSR count). The Labute approximate surface area is 128 Å². The van der Waals surface area contributed by atoms with Gasteiger partial charge in [-0.15, -0.1) is 11.3 Å². The Morgan fingerprint density at radius 1 is 1.48 bits per heavy atom. The van der Waals surface area contributed by atoms with E-state index in [0.29, 0.717) is 6.54 Å². The molecular formula is C14H21N3O3S. The number of rotatable bonds is 5. The van der Waals surface area contributed by atoms with Crippen molar-refractivity contribution >= 4 is 23.3 Å². The summed E-state index contributed by atoms with van der Waals surface area (Å²) >= 11 is 1.55. The van der Waals surface area contributed by atoms with Crippen molar-refractivity contribution in [3.05, 3.63) is 16.1 Å². The van der Waals surface area contributed by atoms with Gasteiger partial charge in [-0.3, -0.25) is 4.79 Å². The second-order valence-electron chi connectivity index (χ2n) is 5.70. The summed E-state index contributed by atoms with van der Waals surface area (Å²) in [6.07, 6.45) is 3.37. The highest BCUT2D eigenvalue weighted by molar-refractivity contribution is 7.09. The molecule has 7 heteroatoms. The van der Waals surface area contributed by atoms with Gasteiger partial charge in [0.1, 0.15) is 0 Å². The van der Waals surface area contributed by atoms with E-state index in [4.69, 9.17) is 5.11 Å². The van der Waals surface area contributed by atoms with Crippen LogP contribution in [0.15, 0.2) is 5.38 Å². The van der Waals surface area contributed by atoms with Crippen molar-refractivity contribution < 1.29 is 14.7 Å². The topological polar surface area (TPSA) is 82.5 Å². The van der Waals surface area contributed by atoms with Crippen molar-refractivity contribution in [1.82, 2.24) is 15.2 Å². The van der Waals surface area contributed by atoms with E-state index in [2.05, 4.69) is 10.3 Å². The van der Waals surface area contributed by atoms with Crippen molar-refractivity contribution in [2.45, 2.75) is 51.1 Å². The van der Waals surface area contributed by atoms with Gasteiger partial charge in [0.15, 0.2) is 0 Å². The molecule has 1 aliphatic carbocycles. The van der Waals surface area contributed by atoms with Crippen LogP contribution in [0.4, 0.5) is 4.79 Å². The molecule has 1 fully saturated rings. The summed E-state index contributed by atoms with van der Waals surface area (Å²) in [6, 6.07) is -0.233. The molecule has 2 amide bonds. The van der Waals surface area contributed by atoms with E-state index in [-0.39, 0.29) is 12.5 Å². The third-order valence-electron chi connectivity index (χ3n) is 3.83. The molecular weight excluding hydrogens is 290 g/mol. The minimum absolute atomic E-state index is 0.0115. The lowest BCUT2D eigenvalue weighted by molar-refractivity contribution is -0.138. The number of carboxylic acids is 1. The molecule has 116 valence electrons. The number of aliphatic carboxylic acids is 1. The molecule has 0 saturated heterocycles. The first-order valence-corrected chi connectivity index (χ1v) is 7.94. The molecule has 0 atom stereocenters. The Morgan fingerprint density at radius 3 is 2.67 bits per heavy atom. The summed E-state index contributed by atoms with van der Waals surface area (Å²) in [5.74, 6) is -0.866. The van der Waals surface area contributed by atoms with Gasteiger partial charge >= 0.3 is 12.0 Å². The molecule has 1 aromatic rings. The number of aryl methyl sites for hydroxylation is 1. The van der Waals surface area contributed by atoms with Crippen LogP contribution in [0.3, 0.4) is 0 Å². The molecule has 1 aliphatic rings. The van der Waals surface area contributed by atoms with E-state index in [0.717, 1.165) is 36.4 Å². The monoisotopic (exact) mass is 311 g/mol. The first kappa shape index (κ1) is 15.8. The van der Waals surface area contributed by atoms with Crippen LogP contribution in [0.25, 0.3) is 0 Å². The minimum atomic E-state index is -0.866. The lowest BCUT2D eigenvalue weighted by Crippen LogP contribution is -2.51. The number of carbonyl (C=O) groups excluding carboxylic acids is 1. The second kappa shape index (κ2) is 6.43. The van der Waals surface area contributed by atoms with Crippen molar-refractivity contribution in [1.29, 1.82) is 0 Å². The predicted octanol–water partition coefficient (Wildman–Crippen LogP) is 2.38. The van der Waals surface area contributed by atoms with Crippen LogP contribution in [-0.2, 0) is 11.3 Å². The van der Waals surface area contributed by atoms with Crippen LogP contribution in [0.2, 0.25) is 0 Å². The highest BCUT2D eigenvalue weighted by Crippen LogP contribution is 2.32. The summed E-state index contributed by atoms with van der Waals surface area (Å²) in [4.78, 5) is 29.2. The largest absolute Gasteiger partial charge is 0.481 e. The van der Waals surface area contributed by atoms with E-state index < -0.39 is 11.5 Å². The quantitative estimate of drug-likeness (QED) is 0.874. The number of aromatic nitrogens is 1. The SMILES string of the molecule is Cc1nc(CN(C)C(=O)NC2(CC(=O)O)CCCC2)cs1. The van der Waals surface area contributed by atoms with Crippen LogP contribution < -0.4 is 5.32 Å². The van der Waals surface area contributed by atoms with Crippen molar-refractivity contribution in [3.8, 4) is 0 Å². The molecule has 1 heterocycles. The van der Waals surface area contributed by atoms with Gasteiger partial charge in [-0.1, -0.05) is 12.8 Å². The van der Waals surface area contributed by atoms with Gasteiger partial charge in [-0.25, -0.2) is 9.78 Å². The van der Waals surface area contributed by atoms with Crippen LogP contribution in [0.5, 0.6) is 0 Å². The molecule has 0 bridgehead atoms. The first-order chi connectivity index (χ1) is 9.90. The zero-order chi connectivity index (χ0) is 15.5. The lowest BCUT2D eigenvalue weighted by Gasteiger charge is -2.31. The van der Waals surface area contributed by atoms with Gasteiger partial charge in [0.05, 0.1) is 29.2 Å². The Morgan fingerprint density at radius 2 is 2.14 bits per heavy atom. The number of urea groups is 1. The number of hydrogen-bond donors (Lipinski definition) is 2. The number of carbonyl (C=O) groups is 2. The average molecular weight is 311 g/mol. The van der Waals surface area contributed by atoms with E-state index in [1.165, 1.54) is 0 Å². The van der Waals surface area contributed by atoms with Gasteiger partial charge in [0, 0.05) is 12.4 Å². The molecule has 0 spiro atoms. The Kier molecular flexibility index (Phi) is 4.82. The summed E-state index contributed by atoms with van der Waals surface area (Å²) in [5, 5.41) is 14.9. The van der Waals surface area contributed by atoms with Gasteiger partial charge in [-0.05, 0) is 19.8 Å². The first-order valence-electron chi connectivity index (χ1n) is 7.06. The van der Waals surface area contributed by atoms with Gasteiger partial charge in [0.2, 0.25) is 0 Å². The van der Waals surface area contributed by atoms with E-state index in [9.17, 15) is 9.59 Å². The summed E-state index contributed by atoms with van der Waals surface area (Å²) in [6.45, 7) is 2.36. The molecule has 21 heavy (non-hydrogen) atoms. The fourth-order valence-electron chi connectivity index (χ4n) is 2.81. The maximum Gasteiger partial charge on any atom is 0.317 e. The number of nitrogens with one attached hydrogen (secondary N) is 1. The number of thiazole rings is 1. The summed E-state index contributed by atoms with van der Waals surface area (Å²) in [5.41, 5.74) is 0.267. The molecule has 2 N–H and O–H groups in total. The highest BCUT2D eigenvalue weighted by atomic mass is 32.1. The molecule has 0 radical (unpaired) electrons. The summed E-state index contributed by atoms with van der Waals surface area (Å²) in [7, 11) is 1.70. The van der Waals surface area contributed by atoms with Crippen molar-refractivity contribution in [2.24, 2.45) is 0 Å². The number of amides is 2. The average Bonchev–Trinajstić information content (AvgIpc) is 2.98. The van der Waals surface area contributed by atoms with E-state index in [1.54, 1.807) is 23.3 Å². The van der Waals surface area contributed by atoms with Crippen LogP contribution >= 0.6 is 11.3 Å². The van der Waals surface area contributed by atoms with Crippen LogP contribution in [-0.4, -0.2) is 39.6 Å². The lowest BCUT2D eigenvalue weighted by atomic mass is 9.93. The molecule has 0 unspecified atom stereocenters. The minimum Gasteiger partial charge on any atom is -0.481 e. The fourth-order valence-corrected chi connectivity index (χ4v) is 3.41. The van der Waals surface area contributed by atoms with Crippen molar-refractivity contribution in [3.63, 3.8) is 0 Å². The third-order valence-corrected chi connectivity index (χ3v) is 4.66. The Bertz CT molecular complexity index is 523. The molecule has 6 nitrogen and oxygen atoms in total. The van der Waals surface area contributed by atoms with Crippen molar-refractivity contribution in [2.75, 3.05) is 7.05 Å². The molecule has 0 aromatic carbocycles. The fraction of sp³-hybridized carbons (Fsp3) is 0.643. The summed E-state index contributed by atoms with van der Waals surface area (Å²) < 4.78 is 0. The molecule has 1 saturated carbocycles. The third kappa shape index (κ3) is 4.17. The van der Waals surface area contributed by atoms with Gasteiger partial charge in [-0.2, -0.15) is 0 Å².